The van der Waals surface area contributed by atoms with Crippen LogP contribution >= 0.6 is 0 Å². The predicted octanol–water partition coefficient (Wildman–Crippen LogP) is 2.69. The van der Waals surface area contributed by atoms with Crippen molar-refractivity contribution >= 4 is 11.8 Å². The van der Waals surface area contributed by atoms with Gasteiger partial charge < -0.3 is 20.1 Å². The smallest absolute Gasteiger partial charge is 0.224 e. The molecule has 2 aromatic rings. The van der Waals surface area contributed by atoms with Gasteiger partial charge in [-0.2, -0.15) is 4.98 Å². The third-order valence-electron chi connectivity index (χ3n) is 3.82. The molecule has 0 amide bonds. The Morgan fingerprint density at radius 1 is 1.26 bits per heavy atom. The summed E-state index contributed by atoms with van der Waals surface area (Å²) in [6.07, 6.45) is 4.24. The van der Waals surface area contributed by atoms with Gasteiger partial charge in [-0.25, -0.2) is 4.98 Å². The highest BCUT2D eigenvalue weighted by Crippen LogP contribution is 2.18. The first-order valence-electron chi connectivity index (χ1n) is 7.89. The molecule has 1 aromatic heterocycles. The number of anilines is 2. The predicted molar refractivity (Wildman–Crippen MR) is 89.8 cm³/mol. The molecule has 2 heterocycles. The molecule has 6 heteroatoms. The van der Waals surface area contributed by atoms with Crippen molar-refractivity contribution in [2.45, 2.75) is 25.5 Å². The highest BCUT2D eigenvalue weighted by Gasteiger charge is 2.15. The third-order valence-corrected chi connectivity index (χ3v) is 3.82. The molecular formula is C17H22N4O2. The zero-order valence-corrected chi connectivity index (χ0v) is 13.3. The largest absolute Gasteiger partial charge is 0.496 e. The quantitative estimate of drug-likeness (QED) is 0.819. The van der Waals surface area contributed by atoms with Gasteiger partial charge in [-0.05, 0) is 25.0 Å². The first kappa shape index (κ1) is 15.6. The number of hydrogen-bond donors (Lipinski definition) is 2. The minimum absolute atomic E-state index is 0.267. The Kier molecular flexibility index (Phi) is 5.26. The summed E-state index contributed by atoms with van der Waals surface area (Å²) in [5.41, 5.74) is 1.09. The summed E-state index contributed by atoms with van der Waals surface area (Å²) in [6, 6.07) is 9.79. The Morgan fingerprint density at radius 3 is 3.00 bits per heavy atom. The number of hydrogen-bond acceptors (Lipinski definition) is 6. The van der Waals surface area contributed by atoms with Gasteiger partial charge in [-0.1, -0.05) is 18.2 Å². The van der Waals surface area contributed by atoms with Gasteiger partial charge in [0.05, 0.1) is 13.2 Å². The van der Waals surface area contributed by atoms with Crippen LogP contribution in [0.1, 0.15) is 18.4 Å². The maximum Gasteiger partial charge on any atom is 0.224 e. The molecular weight excluding hydrogens is 292 g/mol. The second-order valence-corrected chi connectivity index (χ2v) is 5.45. The molecule has 1 atom stereocenters. The number of aromatic nitrogens is 2. The minimum Gasteiger partial charge on any atom is -0.496 e. The van der Waals surface area contributed by atoms with Crippen LogP contribution < -0.4 is 15.4 Å². The normalized spacial score (nSPS) is 17.0. The summed E-state index contributed by atoms with van der Waals surface area (Å²) < 4.78 is 10.9. The Morgan fingerprint density at radius 2 is 2.17 bits per heavy atom. The molecule has 0 saturated carbocycles. The Bertz CT molecular complexity index is 629. The fourth-order valence-electron chi connectivity index (χ4n) is 2.59. The molecule has 1 saturated heterocycles. The lowest BCUT2D eigenvalue weighted by atomic mass is 10.2. The van der Waals surface area contributed by atoms with E-state index in [1.54, 1.807) is 13.3 Å². The second kappa shape index (κ2) is 7.78. The average molecular weight is 314 g/mol. The molecule has 1 aromatic carbocycles. The van der Waals surface area contributed by atoms with Crippen molar-refractivity contribution in [3.8, 4) is 5.75 Å². The van der Waals surface area contributed by atoms with Gasteiger partial charge in [-0.15, -0.1) is 0 Å². The van der Waals surface area contributed by atoms with Crippen molar-refractivity contribution in [2.24, 2.45) is 0 Å². The number of nitrogens with zero attached hydrogens (tertiary/aromatic N) is 2. The Hall–Kier alpha value is -2.34. The summed E-state index contributed by atoms with van der Waals surface area (Å²) in [6.45, 7) is 2.25. The van der Waals surface area contributed by atoms with E-state index in [2.05, 4.69) is 20.6 Å². The van der Waals surface area contributed by atoms with Crippen LogP contribution in [0.4, 0.5) is 11.8 Å². The minimum atomic E-state index is 0.267. The average Bonchev–Trinajstić information content (AvgIpc) is 3.12. The molecule has 2 N–H and O–H groups in total. The molecule has 1 unspecified atom stereocenters. The van der Waals surface area contributed by atoms with Gasteiger partial charge in [0.15, 0.2) is 0 Å². The lowest BCUT2D eigenvalue weighted by Gasteiger charge is -2.12. The molecule has 23 heavy (non-hydrogen) atoms. The zero-order chi connectivity index (χ0) is 15.9. The van der Waals surface area contributed by atoms with Crippen molar-refractivity contribution < 1.29 is 9.47 Å². The van der Waals surface area contributed by atoms with Crippen molar-refractivity contribution in [3.05, 3.63) is 42.1 Å². The SMILES string of the molecule is COc1ccccc1CNc1ccnc(NCC2CCCO2)n1. The van der Waals surface area contributed by atoms with E-state index in [-0.39, 0.29) is 6.10 Å². The van der Waals surface area contributed by atoms with Gasteiger partial charge in [0.1, 0.15) is 11.6 Å². The third kappa shape index (κ3) is 4.32. The fourth-order valence-corrected chi connectivity index (χ4v) is 2.59. The first-order valence-corrected chi connectivity index (χ1v) is 7.89. The van der Waals surface area contributed by atoms with E-state index in [0.29, 0.717) is 12.5 Å². The molecule has 0 aliphatic carbocycles. The van der Waals surface area contributed by atoms with Gasteiger partial charge in [-0.3, -0.25) is 0 Å². The molecule has 122 valence electrons. The van der Waals surface area contributed by atoms with E-state index in [1.165, 1.54) is 0 Å². The highest BCUT2D eigenvalue weighted by atomic mass is 16.5. The van der Waals surface area contributed by atoms with E-state index in [1.807, 2.05) is 30.3 Å². The zero-order valence-electron chi connectivity index (χ0n) is 13.3. The van der Waals surface area contributed by atoms with Crippen LogP contribution in [0.25, 0.3) is 0 Å². The highest BCUT2D eigenvalue weighted by molar-refractivity contribution is 5.42. The number of nitrogens with one attached hydrogen (secondary N) is 2. The first-order chi connectivity index (χ1) is 11.3. The van der Waals surface area contributed by atoms with Crippen LogP contribution in [0, 0.1) is 0 Å². The fraction of sp³-hybridized carbons (Fsp3) is 0.412. The standard InChI is InChI=1S/C17H22N4O2/c1-22-15-7-3-2-5-13(15)11-19-16-8-9-18-17(21-16)20-12-14-6-4-10-23-14/h2-3,5,7-9,14H,4,6,10-12H2,1H3,(H2,18,19,20,21). The van der Waals surface area contributed by atoms with Gasteiger partial charge in [0, 0.05) is 31.5 Å². The number of methoxy groups -OCH3 is 1. The van der Waals surface area contributed by atoms with Gasteiger partial charge in [0.2, 0.25) is 5.95 Å². The molecule has 0 spiro atoms. The number of ether oxygens (including phenoxy) is 2. The van der Waals surface area contributed by atoms with Crippen molar-refractivity contribution in [3.63, 3.8) is 0 Å². The van der Waals surface area contributed by atoms with E-state index < -0.39 is 0 Å². The summed E-state index contributed by atoms with van der Waals surface area (Å²) in [4.78, 5) is 8.72. The molecule has 1 aliphatic heterocycles. The van der Waals surface area contributed by atoms with Crippen molar-refractivity contribution in [2.75, 3.05) is 30.9 Å². The molecule has 0 radical (unpaired) electrons. The van der Waals surface area contributed by atoms with Gasteiger partial charge in [0.25, 0.3) is 0 Å². The molecule has 3 rings (SSSR count). The van der Waals surface area contributed by atoms with Crippen LogP contribution in [0.3, 0.4) is 0 Å². The lowest BCUT2D eigenvalue weighted by Crippen LogP contribution is -2.19. The summed E-state index contributed by atoms with van der Waals surface area (Å²) in [5, 5.41) is 6.54. The second-order valence-electron chi connectivity index (χ2n) is 5.45. The maximum atomic E-state index is 5.59. The van der Waals surface area contributed by atoms with Crippen LogP contribution in [-0.4, -0.2) is 36.3 Å². The van der Waals surface area contributed by atoms with Crippen LogP contribution in [0.2, 0.25) is 0 Å². The molecule has 0 bridgehead atoms. The Balaban J connectivity index is 1.56. The van der Waals surface area contributed by atoms with Gasteiger partial charge >= 0.3 is 0 Å². The molecule has 1 aliphatic rings. The van der Waals surface area contributed by atoms with Crippen LogP contribution in [-0.2, 0) is 11.3 Å². The topological polar surface area (TPSA) is 68.3 Å². The number of para-hydroxylation sites is 1. The maximum absolute atomic E-state index is 5.59. The monoisotopic (exact) mass is 314 g/mol. The number of benzene rings is 1. The van der Waals surface area contributed by atoms with Crippen LogP contribution in [0.15, 0.2) is 36.5 Å². The summed E-state index contributed by atoms with van der Waals surface area (Å²) >= 11 is 0. The number of rotatable bonds is 7. The lowest BCUT2D eigenvalue weighted by molar-refractivity contribution is 0.120. The van der Waals surface area contributed by atoms with E-state index in [0.717, 1.165) is 43.1 Å². The molecule has 1 fully saturated rings. The van der Waals surface area contributed by atoms with E-state index in [9.17, 15) is 0 Å². The van der Waals surface area contributed by atoms with E-state index >= 15 is 0 Å². The molecule has 6 nitrogen and oxygen atoms in total. The van der Waals surface area contributed by atoms with Crippen molar-refractivity contribution in [1.82, 2.24) is 9.97 Å². The van der Waals surface area contributed by atoms with Crippen LogP contribution in [0.5, 0.6) is 5.75 Å². The van der Waals surface area contributed by atoms with Crippen molar-refractivity contribution in [1.29, 1.82) is 0 Å². The summed E-state index contributed by atoms with van der Waals surface area (Å²) in [7, 11) is 1.68. The van der Waals surface area contributed by atoms with E-state index in [4.69, 9.17) is 9.47 Å². The Labute approximate surface area is 136 Å². The summed E-state index contributed by atoms with van der Waals surface area (Å²) in [5.74, 6) is 2.26.